The first kappa shape index (κ1) is 13.2. The number of aliphatic imine (C=N–C) groups is 1. The van der Waals surface area contributed by atoms with Crippen LogP contribution in [0.1, 0.15) is 18.1 Å². The maximum absolute atomic E-state index is 11.0. The Bertz CT molecular complexity index is 508. The predicted molar refractivity (Wildman–Crippen MR) is 69.2 cm³/mol. The molecule has 0 saturated carbocycles. The molecule has 100 valence electrons. The third-order valence-electron chi connectivity index (χ3n) is 2.66. The first-order chi connectivity index (χ1) is 9.20. The first-order valence-corrected chi connectivity index (χ1v) is 6.02. The monoisotopic (exact) mass is 261 g/mol. The van der Waals surface area contributed by atoms with Crippen molar-refractivity contribution in [2.45, 2.75) is 20.1 Å². The summed E-state index contributed by atoms with van der Waals surface area (Å²) in [5.41, 5.74) is 2.04. The van der Waals surface area contributed by atoms with E-state index in [1.165, 1.54) is 0 Å². The summed E-state index contributed by atoms with van der Waals surface area (Å²) in [7, 11) is 0. The minimum Gasteiger partial charge on any atom is -0.377 e. The van der Waals surface area contributed by atoms with Crippen molar-refractivity contribution in [1.29, 1.82) is 0 Å². The Labute approximate surface area is 110 Å². The van der Waals surface area contributed by atoms with Gasteiger partial charge in [-0.25, -0.2) is 4.99 Å². The van der Waals surface area contributed by atoms with Crippen LogP contribution in [0.3, 0.4) is 0 Å². The zero-order valence-corrected chi connectivity index (χ0v) is 10.6. The van der Waals surface area contributed by atoms with E-state index < -0.39 is 11.8 Å². The number of nitrogens with one attached hydrogen (secondary N) is 2. The SMILES string of the molecule is CCOCc1ccccc1CN=C1NC(=O)C(=O)N1. The molecule has 1 heterocycles. The molecule has 1 aromatic carbocycles. The van der Waals surface area contributed by atoms with Crippen molar-refractivity contribution in [3.05, 3.63) is 35.4 Å². The third-order valence-corrected chi connectivity index (χ3v) is 2.66. The summed E-state index contributed by atoms with van der Waals surface area (Å²) in [5.74, 6) is -1.16. The normalized spacial score (nSPS) is 14.3. The Balaban J connectivity index is 2.05. The summed E-state index contributed by atoms with van der Waals surface area (Å²) in [4.78, 5) is 26.1. The Hall–Kier alpha value is -2.21. The maximum atomic E-state index is 11.0. The first-order valence-electron chi connectivity index (χ1n) is 6.02. The molecule has 2 amide bonds. The lowest BCUT2D eigenvalue weighted by molar-refractivity contribution is -0.135. The fraction of sp³-hybridized carbons (Fsp3) is 0.308. The van der Waals surface area contributed by atoms with Crippen LogP contribution >= 0.6 is 0 Å². The van der Waals surface area contributed by atoms with Gasteiger partial charge < -0.3 is 4.74 Å². The summed E-state index contributed by atoms with van der Waals surface area (Å²) in [6, 6.07) is 7.76. The van der Waals surface area contributed by atoms with Gasteiger partial charge in [-0.05, 0) is 18.1 Å². The van der Waals surface area contributed by atoms with Crippen molar-refractivity contribution < 1.29 is 14.3 Å². The van der Waals surface area contributed by atoms with Crippen LogP contribution in [0.2, 0.25) is 0 Å². The van der Waals surface area contributed by atoms with E-state index in [9.17, 15) is 9.59 Å². The van der Waals surface area contributed by atoms with Crippen molar-refractivity contribution in [3.8, 4) is 0 Å². The molecule has 0 radical (unpaired) electrons. The molecule has 6 nitrogen and oxygen atoms in total. The number of nitrogens with zero attached hydrogens (tertiary/aromatic N) is 1. The van der Waals surface area contributed by atoms with E-state index in [4.69, 9.17) is 4.74 Å². The minimum absolute atomic E-state index is 0.196. The van der Waals surface area contributed by atoms with Gasteiger partial charge in [0.2, 0.25) is 5.96 Å². The molecule has 0 unspecified atom stereocenters. The molecule has 1 aromatic rings. The highest BCUT2D eigenvalue weighted by atomic mass is 16.5. The van der Waals surface area contributed by atoms with Crippen molar-refractivity contribution in [1.82, 2.24) is 10.6 Å². The topological polar surface area (TPSA) is 79.8 Å². The van der Waals surface area contributed by atoms with E-state index >= 15 is 0 Å². The van der Waals surface area contributed by atoms with Crippen LogP contribution in [0.4, 0.5) is 0 Å². The van der Waals surface area contributed by atoms with Crippen LogP contribution in [0.15, 0.2) is 29.3 Å². The van der Waals surface area contributed by atoms with E-state index in [2.05, 4.69) is 15.6 Å². The molecular formula is C13H15N3O3. The van der Waals surface area contributed by atoms with Gasteiger partial charge in [0.15, 0.2) is 0 Å². The van der Waals surface area contributed by atoms with Gasteiger partial charge in [0.25, 0.3) is 0 Å². The molecule has 1 saturated heterocycles. The van der Waals surface area contributed by atoms with E-state index in [0.29, 0.717) is 19.8 Å². The Morgan fingerprint density at radius 3 is 2.37 bits per heavy atom. The number of ether oxygens (including phenoxy) is 1. The Morgan fingerprint density at radius 1 is 1.11 bits per heavy atom. The Morgan fingerprint density at radius 2 is 1.74 bits per heavy atom. The zero-order valence-electron chi connectivity index (χ0n) is 10.6. The van der Waals surface area contributed by atoms with Gasteiger partial charge in [0.05, 0.1) is 13.2 Å². The second-order valence-corrected chi connectivity index (χ2v) is 3.98. The molecule has 1 aliphatic rings. The number of benzene rings is 1. The fourth-order valence-electron chi connectivity index (χ4n) is 1.67. The maximum Gasteiger partial charge on any atom is 0.316 e. The summed E-state index contributed by atoms with van der Waals surface area (Å²) in [6.45, 7) is 3.48. The lowest BCUT2D eigenvalue weighted by Gasteiger charge is -2.07. The summed E-state index contributed by atoms with van der Waals surface area (Å²) < 4.78 is 5.38. The average molecular weight is 261 g/mol. The molecule has 0 bridgehead atoms. The van der Waals surface area contributed by atoms with Crippen LogP contribution in [0, 0.1) is 0 Å². The predicted octanol–water partition coefficient (Wildman–Crippen LogP) is 0.325. The smallest absolute Gasteiger partial charge is 0.316 e. The number of guanidine groups is 1. The molecular weight excluding hydrogens is 246 g/mol. The molecule has 2 rings (SSSR count). The van der Waals surface area contributed by atoms with E-state index in [1.54, 1.807) is 0 Å². The minimum atomic E-state index is -0.679. The van der Waals surface area contributed by atoms with Crippen LogP contribution in [-0.2, 0) is 27.5 Å². The van der Waals surface area contributed by atoms with Crippen LogP contribution < -0.4 is 10.6 Å². The Kier molecular flexibility index (Phi) is 4.25. The number of hydrogen-bond donors (Lipinski definition) is 2. The molecule has 0 aromatic heterocycles. The largest absolute Gasteiger partial charge is 0.377 e. The summed E-state index contributed by atoms with van der Waals surface area (Å²) in [6.07, 6.45) is 0. The van der Waals surface area contributed by atoms with Gasteiger partial charge in [0, 0.05) is 6.61 Å². The number of amides is 2. The van der Waals surface area contributed by atoms with Crippen LogP contribution in [0.5, 0.6) is 0 Å². The number of carbonyl (C=O) groups is 2. The second-order valence-electron chi connectivity index (χ2n) is 3.98. The highest BCUT2D eigenvalue weighted by Crippen LogP contribution is 2.11. The van der Waals surface area contributed by atoms with E-state index in [1.807, 2.05) is 31.2 Å². The van der Waals surface area contributed by atoms with E-state index in [-0.39, 0.29) is 5.96 Å². The second kappa shape index (κ2) is 6.10. The molecule has 6 heteroatoms. The molecule has 1 fully saturated rings. The van der Waals surface area contributed by atoms with E-state index in [0.717, 1.165) is 11.1 Å². The number of rotatable bonds is 5. The van der Waals surface area contributed by atoms with Gasteiger partial charge in [0.1, 0.15) is 0 Å². The van der Waals surface area contributed by atoms with Crippen molar-refractivity contribution in [3.63, 3.8) is 0 Å². The third kappa shape index (κ3) is 3.38. The highest BCUT2D eigenvalue weighted by molar-refractivity contribution is 6.45. The quantitative estimate of drug-likeness (QED) is 0.749. The van der Waals surface area contributed by atoms with Gasteiger partial charge in [-0.15, -0.1) is 0 Å². The lowest BCUT2D eigenvalue weighted by atomic mass is 10.1. The van der Waals surface area contributed by atoms with Gasteiger partial charge in [-0.3, -0.25) is 20.2 Å². The fourth-order valence-corrected chi connectivity index (χ4v) is 1.67. The lowest BCUT2D eigenvalue weighted by Crippen LogP contribution is -2.25. The molecule has 0 atom stereocenters. The molecule has 1 aliphatic heterocycles. The number of carbonyl (C=O) groups excluding carboxylic acids is 2. The van der Waals surface area contributed by atoms with Gasteiger partial charge >= 0.3 is 11.8 Å². The van der Waals surface area contributed by atoms with Crippen LogP contribution in [0.25, 0.3) is 0 Å². The van der Waals surface area contributed by atoms with Crippen molar-refractivity contribution in [2.75, 3.05) is 6.61 Å². The molecule has 19 heavy (non-hydrogen) atoms. The van der Waals surface area contributed by atoms with Gasteiger partial charge in [-0.2, -0.15) is 0 Å². The summed E-state index contributed by atoms with van der Waals surface area (Å²) >= 11 is 0. The number of hydrogen-bond acceptors (Lipinski definition) is 4. The molecule has 0 spiro atoms. The average Bonchev–Trinajstić information content (AvgIpc) is 2.74. The molecule has 2 N–H and O–H groups in total. The van der Waals surface area contributed by atoms with Crippen molar-refractivity contribution in [2.24, 2.45) is 4.99 Å². The highest BCUT2D eigenvalue weighted by Gasteiger charge is 2.24. The van der Waals surface area contributed by atoms with Gasteiger partial charge in [-0.1, -0.05) is 24.3 Å². The zero-order chi connectivity index (χ0) is 13.7. The summed E-state index contributed by atoms with van der Waals surface area (Å²) in [5, 5.41) is 4.71. The molecule has 0 aliphatic carbocycles. The van der Waals surface area contributed by atoms with Crippen molar-refractivity contribution >= 4 is 17.8 Å². The van der Waals surface area contributed by atoms with Crippen LogP contribution in [-0.4, -0.2) is 24.4 Å². The standard InChI is InChI=1S/C13H15N3O3/c1-2-19-8-10-6-4-3-5-9(10)7-14-13-15-11(17)12(18)16-13/h3-6H,2,7-8H2,1H3,(H2,14,15,16,17,18).